The quantitative estimate of drug-likeness (QED) is 0.0236. The molecular formula is C111H138Ir3N3O6S3-3. The first-order valence-corrected chi connectivity index (χ1v) is 46.4. The average molecular weight is 2290 g/mol. The molecule has 6 heterocycles. The summed E-state index contributed by atoms with van der Waals surface area (Å²) in [6.45, 7) is 37.2. The van der Waals surface area contributed by atoms with Gasteiger partial charge in [0.15, 0.2) is 17.3 Å². The third-order valence-corrected chi connectivity index (χ3v) is 26.0. The van der Waals surface area contributed by atoms with Crippen molar-refractivity contribution < 1.29 is 105 Å². The topological polar surface area (TPSA) is 151 Å². The van der Waals surface area contributed by atoms with Crippen LogP contribution in [0, 0.1) is 116 Å². The Bertz CT molecular complexity index is 5590. The van der Waals surface area contributed by atoms with E-state index in [1.54, 1.807) is 41.0 Å². The van der Waals surface area contributed by atoms with E-state index in [0.717, 1.165) is 195 Å². The summed E-state index contributed by atoms with van der Waals surface area (Å²) in [6.07, 6.45) is 20.3. The molecule has 12 aromatic rings. The first kappa shape index (κ1) is 92.9. The molecule has 0 aliphatic heterocycles. The zero-order valence-corrected chi connectivity index (χ0v) is 87.4. The maximum atomic E-state index is 11.7. The van der Waals surface area contributed by atoms with Gasteiger partial charge in [0.2, 0.25) is 0 Å². The number of aliphatic hydroxyl groups excluding tert-OH is 3. The van der Waals surface area contributed by atoms with Crippen LogP contribution in [0.4, 0.5) is 0 Å². The molecular weight excluding hydrogens is 2140 g/mol. The van der Waals surface area contributed by atoms with Gasteiger partial charge in [0, 0.05) is 193 Å². The van der Waals surface area contributed by atoms with Crippen molar-refractivity contribution >= 4 is 81.6 Å². The van der Waals surface area contributed by atoms with E-state index in [0.29, 0.717) is 10.4 Å². The molecule has 0 spiro atoms. The number of ketones is 3. The maximum Gasteiger partial charge on any atom is 0.162 e. The third kappa shape index (κ3) is 31.5. The zero-order chi connectivity index (χ0) is 99.8. The third-order valence-electron chi connectivity index (χ3n) is 22.6. The van der Waals surface area contributed by atoms with Crippen molar-refractivity contribution in [1.29, 1.82) is 0 Å². The Hall–Kier alpha value is -7.77. The standard InChI is InChI=1S/C27H28NS.C23H20NS.C22H18NS.3C13H24O2.3Ir/c1-16(2)22-8-7-9-23(17(3)4)27(22)26-13-21-15-28-24(14-25(21)29-26)20-11-18(5)10-19(6)12-20;1-14-8-15(2)10-18(9-14)20-12-21-19(13-24-20)11-22(25-21)23-16(3)6-5-7-17(23)4;1-14-4-6-17(7-5-14)21-11-19-13-23-20(12-22(19)24-21)18-9-15(2)8-16(3)10-18;3*1-5-10(6-2)12(14)9-13(15)11(7-3)8-4;;;/h7-11,13-17H,1-6H3;5-9,11-13H,1-4H3;4-9,11-13H,1-3H3;3*9-11,14H,5-8H2,1-4H3;;;/q3*-1;;;;;;/i16D,17D;3D3,4D3;1D3;;;;;;. The van der Waals surface area contributed by atoms with E-state index >= 15 is 0 Å². The molecule has 0 atom stereocenters. The van der Waals surface area contributed by atoms with Crippen LogP contribution in [0.2, 0.25) is 0 Å². The van der Waals surface area contributed by atoms with Gasteiger partial charge in [-0.3, -0.25) is 14.4 Å². The molecule has 0 amide bonds. The van der Waals surface area contributed by atoms with E-state index in [-0.39, 0.29) is 147 Å². The van der Waals surface area contributed by atoms with Gasteiger partial charge >= 0.3 is 0 Å². The van der Waals surface area contributed by atoms with Crippen LogP contribution in [0.25, 0.3) is 95.4 Å². The molecule has 15 heteroatoms. The molecule has 12 rings (SSSR count). The summed E-state index contributed by atoms with van der Waals surface area (Å²) in [7, 11) is 0. The Morgan fingerprint density at radius 2 is 0.651 bits per heavy atom. The number of aromatic nitrogens is 3. The predicted octanol–water partition coefficient (Wildman–Crippen LogP) is 32.9. The number of rotatable bonds is 29. The predicted molar refractivity (Wildman–Crippen MR) is 530 cm³/mol. The van der Waals surface area contributed by atoms with E-state index in [9.17, 15) is 29.7 Å². The summed E-state index contributed by atoms with van der Waals surface area (Å²) >= 11 is 4.77. The summed E-state index contributed by atoms with van der Waals surface area (Å²) in [4.78, 5) is 51.8. The Kier molecular flexibility index (Phi) is 40.3. The van der Waals surface area contributed by atoms with Crippen molar-refractivity contribution in [2.24, 2.45) is 35.5 Å². The molecule has 681 valence electrons. The van der Waals surface area contributed by atoms with E-state index in [1.807, 2.05) is 199 Å². The number of carbonyl (C=O) groups excluding carboxylic acids is 3. The molecule has 6 aromatic carbocycles. The molecule has 9 nitrogen and oxygen atoms in total. The molecule has 0 bridgehead atoms. The summed E-state index contributed by atoms with van der Waals surface area (Å²) in [6, 6.07) is 52.5. The minimum absolute atomic E-state index is 0. The molecule has 0 fully saturated rings. The number of allylic oxidation sites excluding steroid dienone is 6. The summed E-state index contributed by atoms with van der Waals surface area (Å²) < 4.78 is 90.7. The summed E-state index contributed by atoms with van der Waals surface area (Å²) in [5.74, 6) is 0.123. The van der Waals surface area contributed by atoms with Crippen LogP contribution in [0.5, 0.6) is 0 Å². The van der Waals surface area contributed by atoms with Crippen molar-refractivity contribution in [1.82, 2.24) is 15.0 Å². The fourth-order valence-corrected chi connectivity index (χ4v) is 18.5. The molecule has 0 saturated carbocycles. The van der Waals surface area contributed by atoms with Crippen molar-refractivity contribution in [2.45, 2.75) is 262 Å². The fraction of sp³-hybridized carbons (Fsp3) is 0.405. The van der Waals surface area contributed by atoms with Crippen LogP contribution in [0.3, 0.4) is 0 Å². The number of aryl methyl sites for hydroxylation is 9. The van der Waals surface area contributed by atoms with E-state index < -0.39 is 32.3 Å². The van der Waals surface area contributed by atoms with Crippen molar-refractivity contribution in [2.75, 3.05) is 0 Å². The number of thiophene rings is 3. The molecule has 0 saturated heterocycles. The molecule has 0 aliphatic rings. The van der Waals surface area contributed by atoms with Gasteiger partial charge in [0.05, 0.1) is 17.3 Å². The van der Waals surface area contributed by atoms with Gasteiger partial charge in [0.25, 0.3) is 0 Å². The Morgan fingerprint density at radius 1 is 0.365 bits per heavy atom. The second-order valence-corrected chi connectivity index (χ2v) is 35.7. The van der Waals surface area contributed by atoms with Crippen LogP contribution in [-0.2, 0) is 74.7 Å². The van der Waals surface area contributed by atoms with Crippen LogP contribution in [-0.4, -0.2) is 47.6 Å². The Morgan fingerprint density at radius 3 is 0.929 bits per heavy atom. The van der Waals surface area contributed by atoms with E-state index in [1.165, 1.54) is 58.9 Å². The minimum Gasteiger partial charge on any atom is -0.512 e. The van der Waals surface area contributed by atoms with Gasteiger partial charge < -0.3 is 30.3 Å². The second-order valence-electron chi connectivity index (χ2n) is 32.4. The number of aliphatic hydroxyl groups is 3. The number of carbonyl (C=O) groups is 3. The second kappa shape index (κ2) is 54.7. The van der Waals surface area contributed by atoms with Crippen molar-refractivity contribution in [3.63, 3.8) is 0 Å². The van der Waals surface area contributed by atoms with E-state index in [2.05, 4.69) is 97.5 Å². The van der Waals surface area contributed by atoms with Crippen LogP contribution in [0.15, 0.2) is 188 Å². The number of benzene rings is 6. The zero-order valence-electron chi connectivity index (χ0n) is 88.7. The normalized spacial score (nSPS) is 13.3. The molecule has 6 aromatic heterocycles. The smallest absolute Gasteiger partial charge is 0.162 e. The van der Waals surface area contributed by atoms with Gasteiger partial charge in [0.1, 0.15) is 0 Å². The van der Waals surface area contributed by atoms with Gasteiger partial charge in [-0.25, -0.2) is 0 Å². The average Bonchev–Trinajstić information content (AvgIpc) is 1.66. The Balaban J connectivity index is 0.000000352. The Labute approximate surface area is 824 Å². The largest absolute Gasteiger partial charge is 0.512 e. The molecule has 0 aliphatic carbocycles. The summed E-state index contributed by atoms with van der Waals surface area (Å²) in [5, 5.41) is 32.3. The monoisotopic (exact) mass is 2290 g/mol. The number of fused-ring (bicyclic) bond motifs is 3. The molecule has 126 heavy (non-hydrogen) atoms. The van der Waals surface area contributed by atoms with Crippen molar-refractivity contribution in [3.05, 3.63) is 267 Å². The van der Waals surface area contributed by atoms with Crippen LogP contribution >= 0.6 is 34.0 Å². The van der Waals surface area contributed by atoms with E-state index in [4.69, 9.17) is 20.1 Å². The number of pyridine rings is 3. The van der Waals surface area contributed by atoms with Crippen molar-refractivity contribution in [3.8, 4) is 65.1 Å². The number of nitrogens with zero attached hydrogens (tertiary/aromatic N) is 3. The fourth-order valence-electron chi connectivity index (χ4n) is 15.2. The molecule has 0 unspecified atom stereocenters. The first-order valence-electron chi connectivity index (χ1n) is 49.4. The van der Waals surface area contributed by atoms with Crippen LogP contribution < -0.4 is 0 Å². The molecule has 3 N–H and O–H groups in total. The number of hydrogen-bond acceptors (Lipinski definition) is 12. The summed E-state index contributed by atoms with van der Waals surface area (Å²) in [5.41, 5.74) is 16.9. The van der Waals surface area contributed by atoms with Crippen LogP contribution in [0.1, 0.15) is 276 Å². The van der Waals surface area contributed by atoms with Gasteiger partial charge in [-0.1, -0.05) is 237 Å². The minimum atomic E-state index is -2.43. The number of hydrogen-bond donors (Lipinski definition) is 3. The first-order chi connectivity index (χ1) is 63.0. The van der Waals surface area contributed by atoms with Gasteiger partial charge in [-0.15, -0.1) is 139 Å². The molecule has 3 radical (unpaired) electrons. The SMILES string of the molecule is CCC(CC)C(=O)C=C(O)C(CC)CC.CCC(CC)C(=O)C=C(O)C(CC)CC.CCC(CC)C(=O)C=C(O)C(CC)CC.[2H]C(C)(C)c1cccc(C([2H])(C)C)c1-c1cc2cnc(-c3[c-]c(C)cc(C)c3)cc2s1.[2H]C([2H])([2H])c1ccc(-c2cc3cnc(-c4[c-]c(C)cc(C)c4)cc3s2)cc1.[2H]C([2H])([2H])c1cccc(C([2H])([2H])[2H])c1-c1cc2cnc(-c3[c-]c(C)cc(C)c3)cc2s1.[Ir].[Ir].[Ir]. The van der Waals surface area contributed by atoms with Gasteiger partial charge in [-0.2, -0.15) is 0 Å². The van der Waals surface area contributed by atoms with Gasteiger partial charge in [-0.05, 0) is 184 Å². The maximum absolute atomic E-state index is 11.7.